The summed E-state index contributed by atoms with van der Waals surface area (Å²) in [5.41, 5.74) is 0.701. The molecule has 25 heavy (non-hydrogen) atoms. The van der Waals surface area contributed by atoms with Gasteiger partial charge in [0.25, 0.3) is 0 Å². The molecular weight excluding hydrogens is 324 g/mol. The van der Waals surface area contributed by atoms with E-state index in [-0.39, 0.29) is 5.92 Å². The zero-order valence-corrected chi connectivity index (χ0v) is 14.6. The van der Waals surface area contributed by atoms with Gasteiger partial charge in [0.1, 0.15) is 35.5 Å². The van der Waals surface area contributed by atoms with Gasteiger partial charge in [-0.2, -0.15) is 0 Å². The highest BCUT2D eigenvalue weighted by molar-refractivity contribution is 5.77. The van der Waals surface area contributed by atoms with Crippen molar-refractivity contribution in [3.63, 3.8) is 0 Å². The van der Waals surface area contributed by atoms with Gasteiger partial charge in [-0.25, -0.2) is 14.8 Å². The SMILES string of the molecule is COc1ccc(Nc2cc(N[C@@H](C(=O)O)C(C)C)ncn2)c(OC)c1. The fourth-order valence-electron chi connectivity index (χ4n) is 2.22. The first-order valence-electron chi connectivity index (χ1n) is 7.75. The average Bonchev–Trinajstić information content (AvgIpc) is 2.59. The van der Waals surface area contributed by atoms with Crippen molar-refractivity contribution in [1.82, 2.24) is 9.97 Å². The van der Waals surface area contributed by atoms with Crippen molar-refractivity contribution in [1.29, 1.82) is 0 Å². The van der Waals surface area contributed by atoms with E-state index in [0.29, 0.717) is 28.8 Å². The Bertz CT molecular complexity index is 736. The average molecular weight is 346 g/mol. The predicted octanol–water partition coefficient (Wildman–Crippen LogP) is 2.76. The largest absolute Gasteiger partial charge is 0.497 e. The maximum absolute atomic E-state index is 11.3. The van der Waals surface area contributed by atoms with Gasteiger partial charge in [-0.15, -0.1) is 0 Å². The molecule has 0 fully saturated rings. The first-order chi connectivity index (χ1) is 11.9. The summed E-state index contributed by atoms with van der Waals surface area (Å²) < 4.78 is 10.5. The van der Waals surface area contributed by atoms with Gasteiger partial charge in [-0.3, -0.25) is 0 Å². The molecule has 134 valence electrons. The molecule has 8 nitrogen and oxygen atoms in total. The molecule has 0 radical (unpaired) electrons. The van der Waals surface area contributed by atoms with Crippen LogP contribution in [0.1, 0.15) is 13.8 Å². The number of aliphatic carboxylic acids is 1. The summed E-state index contributed by atoms with van der Waals surface area (Å²) in [5, 5.41) is 15.3. The number of aromatic nitrogens is 2. The van der Waals surface area contributed by atoms with Crippen molar-refractivity contribution in [3.05, 3.63) is 30.6 Å². The highest BCUT2D eigenvalue weighted by Crippen LogP contribution is 2.31. The summed E-state index contributed by atoms with van der Waals surface area (Å²) in [7, 11) is 3.14. The van der Waals surface area contributed by atoms with E-state index in [0.717, 1.165) is 0 Å². The molecule has 0 bridgehead atoms. The predicted molar refractivity (Wildman–Crippen MR) is 94.7 cm³/mol. The third-order valence-corrected chi connectivity index (χ3v) is 3.57. The molecule has 1 heterocycles. The zero-order valence-electron chi connectivity index (χ0n) is 14.6. The summed E-state index contributed by atoms with van der Waals surface area (Å²) >= 11 is 0. The lowest BCUT2D eigenvalue weighted by molar-refractivity contribution is -0.138. The molecule has 0 aliphatic heterocycles. The van der Waals surface area contributed by atoms with Crippen LogP contribution >= 0.6 is 0 Å². The molecule has 0 aliphatic rings. The molecule has 1 aromatic heterocycles. The van der Waals surface area contributed by atoms with Crippen LogP contribution in [0.25, 0.3) is 0 Å². The number of carboxylic acid groups (broad SMARTS) is 1. The molecule has 2 aromatic rings. The number of hydrogen-bond donors (Lipinski definition) is 3. The second-order valence-corrected chi connectivity index (χ2v) is 5.68. The van der Waals surface area contributed by atoms with E-state index in [1.807, 2.05) is 13.8 Å². The minimum atomic E-state index is -0.931. The Hall–Kier alpha value is -3.03. The van der Waals surface area contributed by atoms with Gasteiger partial charge in [-0.1, -0.05) is 13.8 Å². The molecule has 0 amide bonds. The van der Waals surface area contributed by atoms with Crippen LogP contribution in [0.4, 0.5) is 17.3 Å². The van der Waals surface area contributed by atoms with Crippen molar-refractivity contribution in [2.75, 3.05) is 24.9 Å². The number of ether oxygens (including phenoxy) is 2. The molecule has 2 rings (SSSR count). The third kappa shape index (κ3) is 4.72. The van der Waals surface area contributed by atoms with E-state index < -0.39 is 12.0 Å². The Balaban J connectivity index is 2.20. The number of carboxylic acids is 1. The van der Waals surface area contributed by atoms with Gasteiger partial charge in [-0.05, 0) is 18.1 Å². The smallest absolute Gasteiger partial charge is 0.326 e. The molecule has 1 aromatic carbocycles. The molecule has 1 atom stereocenters. The zero-order chi connectivity index (χ0) is 18.4. The number of nitrogens with zero attached hydrogens (tertiary/aromatic N) is 2. The Morgan fingerprint density at radius 2 is 1.84 bits per heavy atom. The van der Waals surface area contributed by atoms with Crippen molar-refractivity contribution in [2.24, 2.45) is 5.92 Å². The lowest BCUT2D eigenvalue weighted by atomic mass is 10.1. The van der Waals surface area contributed by atoms with Crippen LogP contribution in [-0.4, -0.2) is 41.3 Å². The summed E-state index contributed by atoms with van der Waals surface area (Å²) in [6.45, 7) is 3.66. The minimum absolute atomic E-state index is 0.0921. The standard InChI is InChI=1S/C17H22N4O4/c1-10(2)16(17(22)23)21-15-8-14(18-9-19-15)20-12-6-5-11(24-3)7-13(12)25-4/h5-10,16H,1-4H3,(H,22,23)(H2,18,19,20,21)/t16-/m1/s1. The van der Waals surface area contributed by atoms with Crippen LogP contribution in [0.3, 0.4) is 0 Å². The summed E-state index contributed by atoms with van der Waals surface area (Å²) in [4.78, 5) is 19.5. The van der Waals surface area contributed by atoms with Crippen molar-refractivity contribution < 1.29 is 19.4 Å². The lowest BCUT2D eigenvalue weighted by Crippen LogP contribution is -2.34. The fraction of sp³-hybridized carbons (Fsp3) is 0.353. The van der Waals surface area contributed by atoms with Gasteiger partial charge in [0.15, 0.2) is 0 Å². The molecule has 0 aliphatic carbocycles. The van der Waals surface area contributed by atoms with Crippen molar-refractivity contribution in [3.8, 4) is 11.5 Å². The van der Waals surface area contributed by atoms with E-state index in [9.17, 15) is 9.90 Å². The highest BCUT2D eigenvalue weighted by Gasteiger charge is 2.21. The van der Waals surface area contributed by atoms with Crippen LogP contribution in [0.2, 0.25) is 0 Å². The van der Waals surface area contributed by atoms with E-state index >= 15 is 0 Å². The van der Waals surface area contributed by atoms with E-state index in [1.54, 1.807) is 38.5 Å². The third-order valence-electron chi connectivity index (χ3n) is 3.57. The summed E-state index contributed by atoms with van der Waals surface area (Å²) in [6, 6.07) is 6.26. The summed E-state index contributed by atoms with van der Waals surface area (Å²) in [5.74, 6) is 1.18. The Morgan fingerprint density at radius 3 is 2.44 bits per heavy atom. The number of nitrogens with one attached hydrogen (secondary N) is 2. The molecule has 8 heteroatoms. The summed E-state index contributed by atoms with van der Waals surface area (Å²) in [6.07, 6.45) is 1.36. The topological polar surface area (TPSA) is 106 Å². The van der Waals surface area contributed by atoms with Crippen LogP contribution < -0.4 is 20.1 Å². The van der Waals surface area contributed by atoms with Crippen molar-refractivity contribution in [2.45, 2.75) is 19.9 Å². The second kappa shape index (κ2) is 8.18. The Labute approximate surface area is 146 Å². The number of hydrogen-bond acceptors (Lipinski definition) is 7. The molecule has 3 N–H and O–H groups in total. The number of carbonyl (C=O) groups is 1. The van der Waals surface area contributed by atoms with Gasteiger partial charge in [0.2, 0.25) is 0 Å². The number of rotatable bonds is 8. The molecule has 0 saturated carbocycles. The maximum atomic E-state index is 11.3. The van der Waals surface area contributed by atoms with Crippen molar-refractivity contribution >= 4 is 23.3 Å². The number of anilines is 3. The first-order valence-corrected chi connectivity index (χ1v) is 7.75. The van der Waals surface area contributed by atoms with Crippen LogP contribution in [0.15, 0.2) is 30.6 Å². The van der Waals surface area contributed by atoms with E-state index in [2.05, 4.69) is 20.6 Å². The van der Waals surface area contributed by atoms with Gasteiger partial charge >= 0.3 is 5.97 Å². The van der Waals surface area contributed by atoms with Crippen LogP contribution in [-0.2, 0) is 4.79 Å². The van der Waals surface area contributed by atoms with Gasteiger partial charge < -0.3 is 25.2 Å². The minimum Gasteiger partial charge on any atom is -0.497 e. The normalized spacial score (nSPS) is 11.7. The first kappa shape index (κ1) is 18.3. The molecular formula is C17H22N4O4. The van der Waals surface area contributed by atoms with Gasteiger partial charge in [0, 0.05) is 12.1 Å². The molecule has 0 unspecified atom stereocenters. The monoisotopic (exact) mass is 346 g/mol. The van der Waals surface area contributed by atoms with E-state index in [1.165, 1.54) is 6.33 Å². The lowest BCUT2D eigenvalue weighted by Gasteiger charge is -2.18. The molecule has 0 saturated heterocycles. The molecule has 0 spiro atoms. The van der Waals surface area contributed by atoms with Crippen LogP contribution in [0.5, 0.6) is 11.5 Å². The van der Waals surface area contributed by atoms with Gasteiger partial charge in [0.05, 0.1) is 19.9 Å². The number of benzene rings is 1. The Kier molecular flexibility index (Phi) is 5.99. The van der Waals surface area contributed by atoms with E-state index in [4.69, 9.17) is 9.47 Å². The highest BCUT2D eigenvalue weighted by atomic mass is 16.5. The maximum Gasteiger partial charge on any atom is 0.326 e. The quantitative estimate of drug-likeness (QED) is 0.670. The number of methoxy groups -OCH3 is 2. The van der Waals surface area contributed by atoms with Crippen LogP contribution in [0, 0.1) is 5.92 Å². The second-order valence-electron chi connectivity index (χ2n) is 5.68. The fourth-order valence-corrected chi connectivity index (χ4v) is 2.22. The Morgan fingerprint density at radius 1 is 1.12 bits per heavy atom.